The molecule has 1 heterocycles. The minimum Gasteiger partial charge on any atom is -0.506 e. The zero-order chi connectivity index (χ0) is 12.6. The number of hydrogen-bond donors (Lipinski definition) is 3. The Bertz CT molecular complexity index is 592. The maximum atomic E-state index is 10.7. The minimum atomic E-state index is -1.11. The number of benzene rings is 1. The van der Waals surface area contributed by atoms with E-state index in [1.54, 1.807) is 19.1 Å². The van der Waals surface area contributed by atoms with Gasteiger partial charge in [-0.05, 0) is 24.6 Å². The van der Waals surface area contributed by atoms with E-state index in [2.05, 4.69) is 10.2 Å². The largest absolute Gasteiger partial charge is 0.506 e. The second-order valence-corrected chi connectivity index (χ2v) is 3.94. The minimum absolute atomic E-state index is 0.0453. The van der Waals surface area contributed by atoms with E-state index < -0.39 is 5.97 Å². The van der Waals surface area contributed by atoms with Crippen molar-refractivity contribution >= 4 is 17.6 Å². The Morgan fingerprint density at radius 2 is 2.18 bits per heavy atom. The van der Waals surface area contributed by atoms with E-state index in [0.29, 0.717) is 11.3 Å². The molecule has 1 aromatic carbocycles. The van der Waals surface area contributed by atoms with Crippen molar-refractivity contribution < 1.29 is 15.0 Å². The summed E-state index contributed by atoms with van der Waals surface area (Å²) in [6.07, 6.45) is 0. The lowest BCUT2D eigenvalue weighted by Crippen LogP contribution is -1.95. The Kier molecular flexibility index (Phi) is 2.77. The van der Waals surface area contributed by atoms with Crippen molar-refractivity contribution in [1.29, 1.82) is 0 Å². The van der Waals surface area contributed by atoms with Gasteiger partial charge >= 0.3 is 5.97 Å². The molecule has 0 unspecified atom stereocenters. The van der Waals surface area contributed by atoms with Crippen LogP contribution in [-0.4, -0.2) is 26.4 Å². The van der Waals surface area contributed by atoms with E-state index >= 15 is 0 Å². The summed E-state index contributed by atoms with van der Waals surface area (Å²) in [6.45, 7) is 1.76. The summed E-state index contributed by atoms with van der Waals surface area (Å²) in [4.78, 5) is 10.7. The fraction of sp³-hybridized carbons (Fsp3) is 0.0909. The highest BCUT2D eigenvalue weighted by Gasteiger charge is 2.14. The molecule has 0 aliphatic carbocycles. The van der Waals surface area contributed by atoms with Crippen molar-refractivity contribution in [2.75, 3.05) is 0 Å². The Morgan fingerprint density at radius 1 is 1.47 bits per heavy atom. The van der Waals surface area contributed by atoms with Gasteiger partial charge < -0.3 is 10.2 Å². The molecule has 0 bridgehead atoms. The first-order valence-corrected chi connectivity index (χ1v) is 5.15. The SMILES string of the molecule is Cc1ccc(-c2cc(C(=O)O)[nH]n2)c(O)c1Cl. The third kappa shape index (κ3) is 1.97. The van der Waals surface area contributed by atoms with Crippen molar-refractivity contribution in [1.82, 2.24) is 10.2 Å². The number of H-pyrrole nitrogens is 1. The number of rotatable bonds is 2. The van der Waals surface area contributed by atoms with Gasteiger partial charge in [-0.1, -0.05) is 17.7 Å². The molecule has 0 saturated heterocycles. The number of aromatic hydroxyl groups is 1. The summed E-state index contributed by atoms with van der Waals surface area (Å²) in [5, 5.41) is 25.0. The van der Waals surface area contributed by atoms with Gasteiger partial charge in [0.15, 0.2) is 0 Å². The van der Waals surface area contributed by atoms with Gasteiger partial charge in [0.25, 0.3) is 0 Å². The highest BCUT2D eigenvalue weighted by atomic mass is 35.5. The Balaban J connectivity index is 2.53. The summed E-state index contributed by atoms with van der Waals surface area (Å²) in [5.74, 6) is -1.21. The standard InChI is InChI=1S/C11H9ClN2O3/c1-5-2-3-6(10(15)9(5)12)7-4-8(11(16)17)14-13-7/h2-4,15H,1H3,(H,13,14)(H,16,17). The zero-order valence-electron chi connectivity index (χ0n) is 8.86. The first kappa shape index (κ1) is 11.5. The number of carboxylic acid groups (broad SMARTS) is 1. The number of phenolic OH excluding ortho intramolecular Hbond substituents is 1. The quantitative estimate of drug-likeness (QED) is 0.766. The molecule has 0 saturated carbocycles. The molecule has 0 atom stereocenters. The van der Waals surface area contributed by atoms with Crippen LogP contribution in [0.15, 0.2) is 18.2 Å². The van der Waals surface area contributed by atoms with Crippen molar-refractivity contribution in [3.63, 3.8) is 0 Å². The molecule has 0 aliphatic heterocycles. The third-order valence-corrected chi connectivity index (χ3v) is 2.87. The van der Waals surface area contributed by atoms with Crippen LogP contribution < -0.4 is 0 Å². The van der Waals surface area contributed by atoms with E-state index in [0.717, 1.165) is 5.56 Å². The molecule has 0 spiro atoms. The molecule has 2 rings (SSSR count). The van der Waals surface area contributed by atoms with Crippen molar-refractivity contribution in [3.05, 3.63) is 34.5 Å². The summed E-state index contributed by atoms with van der Waals surface area (Å²) in [5.41, 5.74) is 1.42. The average molecular weight is 253 g/mol. The molecule has 17 heavy (non-hydrogen) atoms. The van der Waals surface area contributed by atoms with Gasteiger partial charge in [0.05, 0.1) is 10.7 Å². The molecule has 1 aromatic heterocycles. The normalized spacial score (nSPS) is 10.5. The van der Waals surface area contributed by atoms with Gasteiger partial charge in [0.1, 0.15) is 11.4 Å². The Hall–Kier alpha value is -2.01. The van der Waals surface area contributed by atoms with E-state index in [1.165, 1.54) is 6.07 Å². The molecule has 0 fully saturated rings. The number of hydrogen-bond acceptors (Lipinski definition) is 3. The molecule has 88 valence electrons. The van der Waals surface area contributed by atoms with Gasteiger partial charge in [-0.2, -0.15) is 5.10 Å². The van der Waals surface area contributed by atoms with Crippen LogP contribution in [0.5, 0.6) is 5.75 Å². The van der Waals surface area contributed by atoms with Gasteiger partial charge in [-0.25, -0.2) is 4.79 Å². The number of halogens is 1. The number of nitrogens with zero attached hydrogens (tertiary/aromatic N) is 1. The van der Waals surface area contributed by atoms with Crippen LogP contribution in [0.1, 0.15) is 16.1 Å². The molecule has 5 nitrogen and oxygen atoms in total. The second kappa shape index (κ2) is 4.10. The molecule has 6 heteroatoms. The molecule has 0 aliphatic rings. The summed E-state index contributed by atoms with van der Waals surface area (Å²) < 4.78 is 0. The fourth-order valence-electron chi connectivity index (χ4n) is 1.44. The highest BCUT2D eigenvalue weighted by Crippen LogP contribution is 2.36. The monoisotopic (exact) mass is 252 g/mol. The highest BCUT2D eigenvalue weighted by molar-refractivity contribution is 6.33. The summed E-state index contributed by atoms with van der Waals surface area (Å²) >= 11 is 5.90. The molecular weight excluding hydrogens is 244 g/mol. The lowest BCUT2D eigenvalue weighted by Gasteiger charge is -2.05. The Labute approximate surface area is 102 Å². The molecular formula is C11H9ClN2O3. The fourth-order valence-corrected chi connectivity index (χ4v) is 1.61. The van der Waals surface area contributed by atoms with E-state index in [4.69, 9.17) is 16.7 Å². The lowest BCUT2D eigenvalue weighted by atomic mass is 10.1. The maximum Gasteiger partial charge on any atom is 0.353 e. The predicted molar refractivity (Wildman–Crippen MR) is 62.4 cm³/mol. The van der Waals surface area contributed by atoms with Crippen LogP contribution in [0.3, 0.4) is 0 Å². The number of aromatic amines is 1. The summed E-state index contributed by atoms with van der Waals surface area (Å²) in [7, 11) is 0. The average Bonchev–Trinajstić information content (AvgIpc) is 2.75. The van der Waals surface area contributed by atoms with Gasteiger partial charge in [0, 0.05) is 5.56 Å². The van der Waals surface area contributed by atoms with Crippen LogP contribution >= 0.6 is 11.6 Å². The van der Waals surface area contributed by atoms with Crippen LogP contribution in [-0.2, 0) is 0 Å². The van der Waals surface area contributed by atoms with Crippen LogP contribution in [0, 0.1) is 6.92 Å². The molecule has 3 N–H and O–H groups in total. The van der Waals surface area contributed by atoms with Crippen molar-refractivity contribution in [2.45, 2.75) is 6.92 Å². The summed E-state index contributed by atoms with van der Waals surface area (Å²) in [6, 6.07) is 4.70. The van der Waals surface area contributed by atoms with E-state index in [-0.39, 0.29) is 16.5 Å². The van der Waals surface area contributed by atoms with Gasteiger partial charge in [0.2, 0.25) is 0 Å². The Morgan fingerprint density at radius 3 is 2.76 bits per heavy atom. The number of carbonyl (C=O) groups is 1. The van der Waals surface area contributed by atoms with Crippen LogP contribution in [0.4, 0.5) is 0 Å². The van der Waals surface area contributed by atoms with Crippen LogP contribution in [0.25, 0.3) is 11.3 Å². The molecule has 2 aromatic rings. The topological polar surface area (TPSA) is 86.2 Å². The van der Waals surface area contributed by atoms with Crippen LogP contribution in [0.2, 0.25) is 5.02 Å². The first-order valence-electron chi connectivity index (χ1n) is 4.78. The van der Waals surface area contributed by atoms with Crippen molar-refractivity contribution in [2.24, 2.45) is 0 Å². The number of phenols is 1. The second-order valence-electron chi connectivity index (χ2n) is 3.56. The van der Waals surface area contributed by atoms with Crippen molar-refractivity contribution in [3.8, 4) is 17.0 Å². The molecule has 0 radical (unpaired) electrons. The van der Waals surface area contributed by atoms with Gasteiger partial charge in [-0.15, -0.1) is 0 Å². The maximum absolute atomic E-state index is 10.7. The zero-order valence-corrected chi connectivity index (χ0v) is 9.62. The first-order chi connectivity index (χ1) is 8.00. The smallest absolute Gasteiger partial charge is 0.353 e. The number of carboxylic acids is 1. The number of aromatic nitrogens is 2. The molecule has 0 amide bonds. The van der Waals surface area contributed by atoms with E-state index in [9.17, 15) is 9.90 Å². The number of aromatic carboxylic acids is 1. The number of nitrogens with one attached hydrogen (secondary N) is 1. The lowest BCUT2D eigenvalue weighted by molar-refractivity contribution is 0.0690. The predicted octanol–water partition coefficient (Wildman–Crippen LogP) is 2.44. The van der Waals surface area contributed by atoms with Gasteiger partial charge in [-0.3, -0.25) is 5.10 Å². The number of aryl methyl sites for hydroxylation is 1. The van der Waals surface area contributed by atoms with E-state index in [1.807, 2.05) is 0 Å². The third-order valence-electron chi connectivity index (χ3n) is 2.39.